The quantitative estimate of drug-likeness (QED) is 0.230. The minimum atomic E-state index is -0.967. The molecule has 1 aliphatic carbocycles. The first-order valence-electron chi connectivity index (χ1n) is 13.0. The Morgan fingerprint density at radius 3 is 2.27 bits per heavy atom. The van der Waals surface area contributed by atoms with E-state index < -0.39 is 6.10 Å². The number of ketones is 1. The van der Waals surface area contributed by atoms with Gasteiger partial charge in [0, 0.05) is 27.1 Å². The molecule has 0 saturated carbocycles. The number of nitrogens with zero attached hydrogens (tertiary/aromatic N) is 2. The largest absolute Gasteiger partial charge is 0.383 e. The summed E-state index contributed by atoms with van der Waals surface area (Å²) < 4.78 is 0. The van der Waals surface area contributed by atoms with E-state index in [-0.39, 0.29) is 5.78 Å². The van der Waals surface area contributed by atoms with Crippen LogP contribution in [0.5, 0.6) is 0 Å². The van der Waals surface area contributed by atoms with Gasteiger partial charge in [-0.05, 0) is 82.4 Å². The number of anilines is 3. The molecule has 0 saturated heterocycles. The van der Waals surface area contributed by atoms with Crippen LogP contribution in [0, 0.1) is 11.3 Å². The lowest BCUT2D eigenvalue weighted by atomic mass is 10.0. The molecule has 1 atom stereocenters. The van der Waals surface area contributed by atoms with Crippen molar-refractivity contribution in [3.8, 4) is 6.07 Å². The van der Waals surface area contributed by atoms with Crippen LogP contribution in [-0.2, 0) is 0 Å². The zero-order valence-corrected chi connectivity index (χ0v) is 22.1. The molecule has 40 heavy (non-hydrogen) atoms. The molecule has 5 aromatic carbocycles. The molecule has 0 aliphatic heterocycles. The van der Waals surface area contributed by atoms with Gasteiger partial charge in [-0.15, -0.1) is 11.3 Å². The third kappa shape index (κ3) is 3.99. The van der Waals surface area contributed by atoms with E-state index in [2.05, 4.69) is 35.2 Å². The number of nitriles is 1. The number of aliphatic hydroxyl groups is 1. The third-order valence-electron chi connectivity index (χ3n) is 7.41. The Kier molecular flexibility index (Phi) is 5.78. The summed E-state index contributed by atoms with van der Waals surface area (Å²) in [4.78, 5) is 16.4. The van der Waals surface area contributed by atoms with Crippen LogP contribution in [0.15, 0.2) is 121 Å². The SMILES string of the molecule is N#Cc1ccc(N(c2ccc(/C=C3\C(=O)c4cc5ccccc5cc4C3O)s2)c2cccc3ccccc23)cc1. The molecular weight excluding hydrogens is 512 g/mol. The number of carbonyl (C=O) groups excluding carboxylic acids is 1. The van der Waals surface area contributed by atoms with Gasteiger partial charge in [0.25, 0.3) is 0 Å². The molecule has 1 aromatic heterocycles. The van der Waals surface area contributed by atoms with Crippen LogP contribution in [0.2, 0.25) is 0 Å². The minimum Gasteiger partial charge on any atom is -0.383 e. The molecule has 7 rings (SSSR count). The standard InChI is InChI=1S/C35H22N2O2S/c36-21-22-12-14-26(15-13-22)37(32-11-5-9-23-6-3-4-10-28(23)32)33-17-16-27(40-33)20-31-34(38)29-18-24-7-1-2-8-25(24)19-30(29)35(31)39/h1-20,34,38H/b31-20-. The number of carbonyl (C=O) groups is 1. The van der Waals surface area contributed by atoms with E-state index in [0.29, 0.717) is 22.3 Å². The van der Waals surface area contributed by atoms with Crippen molar-refractivity contribution in [3.05, 3.63) is 142 Å². The van der Waals surface area contributed by atoms with Gasteiger partial charge in [-0.1, -0.05) is 60.7 Å². The molecule has 1 aliphatic rings. The van der Waals surface area contributed by atoms with E-state index in [1.807, 2.05) is 97.1 Å². The molecule has 0 fully saturated rings. The monoisotopic (exact) mass is 534 g/mol. The number of aliphatic hydroxyl groups excluding tert-OH is 1. The van der Waals surface area contributed by atoms with Crippen LogP contribution in [-0.4, -0.2) is 10.9 Å². The highest BCUT2D eigenvalue weighted by Gasteiger charge is 2.33. The number of hydrogen-bond acceptors (Lipinski definition) is 5. The minimum absolute atomic E-state index is 0.138. The molecule has 0 radical (unpaired) electrons. The van der Waals surface area contributed by atoms with Crippen molar-refractivity contribution in [3.63, 3.8) is 0 Å². The van der Waals surface area contributed by atoms with Gasteiger partial charge < -0.3 is 10.0 Å². The maximum Gasteiger partial charge on any atom is 0.192 e. The van der Waals surface area contributed by atoms with Crippen molar-refractivity contribution in [2.75, 3.05) is 4.90 Å². The summed E-state index contributed by atoms with van der Waals surface area (Å²) in [6.45, 7) is 0. The van der Waals surface area contributed by atoms with E-state index in [0.717, 1.165) is 42.8 Å². The molecule has 0 spiro atoms. The Bertz CT molecular complexity index is 2010. The molecule has 1 unspecified atom stereocenters. The Balaban J connectivity index is 1.32. The number of Topliss-reactive ketones (excluding diaryl/α,β-unsaturated/α-hetero) is 1. The topological polar surface area (TPSA) is 64.3 Å². The Labute approximate surface area is 235 Å². The summed E-state index contributed by atoms with van der Waals surface area (Å²) in [6, 6.07) is 39.9. The molecule has 1 N–H and O–H groups in total. The van der Waals surface area contributed by atoms with E-state index >= 15 is 0 Å². The first-order valence-corrected chi connectivity index (χ1v) is 13.8. The molecule has 1 heterocycles. The van der Waals surface area contributed by atoms with Crippen molar-refractivity contribution in [1.82, 2.24) is 0 Å². The van der Waals surface area contributed by atoms with Crippen molar-refractivity contribution in [2.24, 2.45) is 0 Å². The summed E-state index contributed by atoms with van der Waals surface area (Å²) in [5.74, 6) is -0.138. The summed E-state index contributed by atoms with van der Waals surface area (Å²) >= 11 is 1.54. The van der Waals surface area contributed by atoms with Gasteiger partial charge >= 0.3 is 0 Å². The first kappa shape index (κ1) is 24.1. The van der Waals surface area contributed by atoms with Crippen molar-refractivity contribution in [2.45, 2.75) is 6.10 Å². The normalized spacial score (nSPS) is 15.4. The van der Waals surface area contributed by atoms with Gasteiger partial charge in [0.1, 0.15) is 11.1 Å². The highest BCUT2D eigenvalue weighted by atomic mass is 32.1. The second kappa shape index (κ2) is 9.62. The summed E-state index contributed by atoms with van der Waals surface area (Å²) in [5.41, 5.74) is 4.13. The van der Waals surface area contributed by atoms with E-state index in [1.54, 1.807) is 11.3 Å². The van der Waals surface area contributed by atoms with E-state index in [9.17, 15) is 15.2 Å². The molecule has 4 nitrogen and oxygen atoms in total. The molecular formula is C35H22N2O2S. The molecule has 5 heteroatoms. The maximum absolute atomic E-state index is 13.4. The lowest BCUT2D eigenvalue weighted by Gasteiger charge is -2.25. The zero-order chi connectivity index (χ0) is 27.2. The van der Waals surface area contributed by atoms with Gasteiger partial charge in [0.05, 0.1) is 17.3 Å². The maximum atomic E-state index is 13.4. The lowest BCUT2D eigenvalue weighted by molar-refractivity contribution is 0.102. The fraction of sp³-hybridized carbons (Fsp3) is 0.0286. The van der Waals surface area contributed by atoms with Crippen molar-refractivity contribution in [1.29, 1.82) is 5.26 Å². The smallest absolute Gasteiger partial charge is 0.192 e. The van der Waals surface area contributed by atoms with E-state index in [1.165, 1.54) is 0 Å². The van der Waals surface area contributed by atoms with Crippen LogP contribution in [0.4, 0.5) is 16.4 Å². The Morgan fingerprint density at radius 1 is 0.800 bits per heavy atom. The average molecular weight is 535 g/mol. The zero-order valence-electron chi connectivity index (χ0n) is 21.3. The highest BCUT2D eigenvalue weighted by Crippen LogP contribution is 2.44. The van der Waals surface area contributed by atoms with Gasteiger partial charge in [0.15, 0.2) is 5.78 Å². The second-order valence-electron chi connectivity index (χ2n) is 9.79. The van der Waals surface area contributed by atoms with Crippen LogP contribution >= 0.6 is 11.3 Å². The van der Waals surface area contributed by atoms with Gasteiger partial charge in [0.2, 0.25) is 0 Å². The number of hydrogen-bond donors (Lipinski definition) is 1. The van der Waals surface area contributed by atoms with Crippen LogP contribution in [0.1, 0.15) is 32.5 Å². The average Bonchev–Trinajstić information content (AvgIpc) is 3.55. The Morgan fingerprint density at radius 2 is 1.50 bits per heavy atom. The molecule has 6 aromatic rings. The Hall–Kier alpha value is -5.02. The first-order chi connectivity index (χ1) is 19.6. The van der Waals surface area contributed by atoms with Gasteiger partial charge in [-0.25, -0.2) is 0 Å². The number of benzene rings is 5. The number of fused-ring (bicyclic) bond motifs is 3. The molecule has 0 bridgehead atoms. The summed E-state index contributed by atoms with van der Waals surface area (Å²) in [7, 11) is 0. The number of thiophene rings is 1. The summed E-state index contributed by atoms with van der Waals surface area (Å²) in [5, 5.41) is 25.6. The highest BCUT2D eigenvalue weighted by molar-refractivity contribution is 7.17. The van der Waals surface area contributed by atoms with Crippen LogP contribution < -0.4 is 4.90 Å². The van der Waals surface area contributed by atoms with Gasteiger partial charge in [-0.3, -0.25) is 4.79 Å². The fourth-order valence-electron chi connectivity index (χ4n) is 5.44. The van der Waals surface area contributed by atoms with Crippen molar-refractivity contribution >= 4 is 61.1 Å². The predicted octanol–water partition coefficient (Wildman–Crippen LogP) is 8.71. The predicted molar refractivity (Wildman–Crippen MR) is 162 cm³/mol. The van der Waals surface area contributed by atoms with Crippen LogP contribution in [0.25, 0.3) is 27.6 Å². The lowest BCUT2D eigenvalue weighted by Crippen LogP contribution is -2.08. The van der Waals surface area contributed by atoms with Gasteiger partial charge in [-0.2, -0.15) is 5.26 Å². The molecule has 190 valence electrons. The van der Waals surface area contributed by atoms with Crippen molar-refractivity contribution < 1.29 is 9.90 Å². The second-order valence-corrected chi connectivity index (χ2v) is 10.9. The third-order valence-corrected chi connectivity index (χ3v) is 8.42. The van der Waals surface area contributed by atoms with Crippen LogP contribution in [0.3, 0.4) is 0 Å². The summed E-state index contributed by atoms with van der Waals surface area (Å²) in [6.07, 6.45) is 0.844. The molecule has 0 amide bonds. The van der Waals surface area contributed by atoms with E-state index in [4.69, 9.17) is 0 Å². The number of rotatable bonds is 4. The fourth-order valence-corrected chi connectivity index (χ4v) is 6.43.